The van der Waals surface area contributed by atoms with E-state index in [9.17, 15) is 9.59 Å². The van der Waals surface area contributed by atoms with Crippen LogP contribution in [0.2, 0.25) is 0 Å². The van der Waals surface area contributed by atoms with Crippen LogP contribution < -0.4 is 10.6 Å². The Balaban J connectivity index is 1.26. The zero-order chi connectivity index (χ0) is 21.5. The van der Waals surface area contributed by atoms with Crippen LogP contribution in [0.4, 0.5) is 5.69 Å². The minimum atomic E-state index is -0.143. The quantitative estimate of drug-likeness (QED) is 0.556. The molecule has 4 rings (SSSR count). The van der Waals surface area contributed by atoms with Crippen molar-refractivity contribution < 1.29 is 9.59 Å². The summed E-state index contributed by atoms with van der Waals surface area (Å²) in [6.07, 6.45) is 3.94. The number of carbonyl (C=O) groups is 2. The molecule has 6 heteroatoms. The van der Waals surface area contributed by atoms with E-state index >= 15 is 0 Å². The Bertz CT molecular complexity index is 992. The minimum Gasteiger partial charge on any atom is -0.348 e. The number of carbonyl (C=O) groups excluding carboxylic acids is 2. The summed E-state index contributed by atoms with van der Waals surface area (Å²) in [5.41, 5.74) is 3.63. The Hall–Kier alpha value is -2.96. The first kappa shape index (κ1) is 21.3. The molecule has 0 unspecified atom stereocenters. The Morgan fingerprint density at radius 3 is 2.23 bits per heavy atom. The number of anilines is 1. The third kappa shape index (κ3) is 6.03. The van der Waals surface area contributed by atoms with Gasteiger partial charge in [0.25, 0.3) is 11.8 Å². The monoisotopic (exact) mass is 433 g/mol. The van der Waals surface area contributed by atoms with Crippen molar-refractivity contribution in [3.8, 4) is 0 Å². The van der Waals surface area contributed by atoms with E-state index in [1.807, 2.05) is 11.4 Å². The first-order valence-corrected chi connectivity index (χ1v) is 11.6. The summed E-state index contributed by atoms with van der Waals surface area (Å²) >= 11 is 1.39. The number of thiophene rings is 1. The summed E-state index contributed by atoms with van der Waals surface area (Å²) in [6, 6.07) is 19.0. The van der Waals surface area contributed by atoms with E-state index in [2.05, 4.69) is 39.8 Å². The lowest BCUT2D eigenvalue weighted by Crippen LogP contribution is -2.29. The number of piperidine rings is 1. The van der Waals surface area contributed by atoms with Gasteiger partial charge in [-0.3, -0.25) is 14.5 Å². The summed E-state index contributed by atoms with van der Waals surface area (Å²) in [5, 5.41) is 7.67. The van der Waals surface area contributed by atoms with Gasteiger partial charge in [-0.1, -0.05) is 36.8 Å². The summed E-state index contributed by atoms with van der Waals surface area (Å²) in [4.78, 5) is 27.7. The molecule has 0 atom stereocenters. The number of benzene rings is 2. The van der Waals surface area contributed by atoms with E-state index in [1.54, 1.807) is 30.3 Å². The van der Waals surface area contributed by atoms with E-state index < -0.39 is 0 Å². The van der Waals surface area contributed by atoms with Crippen LogP contribution in [0.25, 0.3) is 0 Å². The molecule has 160 valence electrons. The van der Waals surface area contributed by atoms with Gasteiger partial charge in [-0.25, -0.2) is 0 Å². The number of hydrogen-bond donors (Lipinski definition) is 2. The molecule has 0 bridgehead atoms. The second kappa shape index (κ2) is 10.4. The summed E-state index contributed by atoms with van der Waals surface area (Å²) in [6.45, 7) is 3.87. The summed E-state index contributed by atoms with van der Waals surface area (Å²) in [5.74, 6) is -0.274. The molecule has 3 aromatic rings. The molecule has 1 aliphatic heterocycles. The Morgan fingerprint density at radius 2 is 1.55 bits per heavy atom. The van der Waals surface area contributed by atoms with Crippen molar-refractivity contribution in [2.75, 3.05) is 18.4 Å². The molecular formula is C25H27N3O2S. The van der Waals surface area contributed by atoms with E-state index in [0.29, 0.717) is 22.7 Å². The predicted molar refractivity (Wildman–Crippen MR) is 125 cm³/mol. The Labute approximate surface area is 187 Å². The highest BCUT2D eigenvalue weighted by Gasteiger charge is 2.11. The lowest BCUT2D eigenvalue weighted by Gasteiger charge is -2.26. The molecule has 2 amide bonds. The standard InChI is InChI=1S/C25H27N3O2S/c29-24(21-10-12-22(13-11-21)27-25(30)23-5-4-16-31-23)26-17-19-6-8-20(9-7-19)18-28-14-2-1-3-15-28/h4-13,16H,1-3,14-15,17-18H2,(H,26,29)(H,27,30). The molecule has 0 radical (unpaired) electrons. The Kier molecular flexibility index (Phi) is 7.12. The number of amides is 2. The highest BCUT2D eigenvalue weighted by molar-refractivity contribution is 7.12. The van der Waals surface area contributed by atoms with Crippen molar-refractivity contribution in [1.82, 2.24) is 10.2 Å². The number of likely N-dealkylation sites (tertiary alicyclic amines) is 1. The van der Waals surface area contributed by atoms with Crippen LogP contribution in [-0.2, 0) is 13.1 Å². The number of rotatable bonds is 7. The van der Waals surface area contributed by atoms with Crippen molar-refractivity contribution in [1.29, 1.82) is 0 Å². The van der Waals surface area contributed by atoms with Crippen molar-refractivity contribution in [2.45, 2.75) is 32.4 Å². The number of hydrogen-bond acceptors (Lipinski definition) is 4. The van der Waals surface area contributed by atoms with Crippen LogP contribution in [0.3, 0.4) is 0 Å². The lowest BCUT2D eigenvalue weighted by molar-refractivity contribution is 0.0950. The summed E-state index contributed by atoms with van der Waals surface area (Å²) < 4.78 is 0. The molecule has 0 spiro atoms. The maximum atomic E-state index is 12.5. The van der Waals surface area contributed by atoms with Gasteiger partial charge in [0.05, 0.1) is 4.88 Å². The van der Waals surface area contributed by atoms with Gasteiger partial charge in [-0.15, -0.1) is 11.3 Å². The second-order valence-corrected chi connectivity index (χ2v) is 8.79. The maximum absolute atomic E-state index is 12.5. The third-order valence-corrected chi connectivity index (χ3v) is 6.35. The van der Waals surface area contributed by atoms with E-state index in [4.69, 9.17) is 0 Å². The molecule has 0 saturated carbocycles. The first-order chi connectivity index (χ1) is 15.2. The molecule has 0 aliphatic carbocycles. The van der Waals surface area contributed by atoms with Crippen molar-refractivity contribution in [3.05, 3.63) is 87.6 Å². The predicted octanol–water partition coefficient (Wildman–Crippen LogP) is 4.92. The molecule has 1 saturated heterocycles. The van der Waals surface area contributed by atoms with Crippen molar-refractivity contribution in [3.63, 3.8) is 0 Å². The zero-order valence-corrected chi connectivity index (χ0v) is 18.3. The molecule has 5 nitrogen and oxygen atoms in total. The third-order valence-electron chi connectivity index (χ3n) is 5.48. The van der Waals surface area contributed by atoms with Gasteiger partial charge in [0.1, 0.15) is 0 Å². The van der Waals surface area contributed by atoms with Gasteiger partial charge in [0, 0.05) is 24.3 Å². The van der Waals surface area contributed by atoms with Crippen LogP contribution in [0.1, 0.15) is 50.4 Å². The maximum Gasteiger partial charge on any atom is 0.265 e. The fourth-order valence-electron chi connectivity index (χ4n) is 3.73. The van der Waals surface area contributed by atoms with Crippen LogP contribution in [0, 0.1) is 0 Å². The highest BCUT2D eigenvalue weighted by Crippen LogP contribution is 2.15. The van der Waals surface area contributed by atoms with Gasteiger partial charge >= 0.3 is 0 Å². The van der Waals surface area contributed by atoms with Crippen LogP contribution >= 0.6 is 11.3 Å². The highest BCUT2D eigenvalue weighted by atomic mass is 32.1. The van der Waals surface area contributed by atoms with Crippen molar-refractivity contribution >= 4 is 28.8 Å². The molecule has 1 aliphatic rings. The number of nitrogens with one attached hydrogen (secondary N) is 2. The molecule has 1 fully saturated rings. The SMILES string of the molecule is O=C(NCc1ccc(CN2CCCCC2)cc1)c1ccc(NC(=O)c2cccs2)cc1. The number of nitrogens with zero attached hydrogens (tertiary/aromatic N) is 1. The Morgan fingerprint density at radius 1 is 0.839 bits per heavy atom. The normalized spacial score (nSPS) is 14.2. The summed E-state index contributed by atoms with van der Waals surface area (Å²) in [7, 11) is 0. The molecule has 2 N–H and O–H groups in total. The fourth-order valence-corrected chi connectivity index (χ4v) is 4.35. The largest absolute Gasteiger partial charge is 0.348 e. The van der Waals surface area contributed by atoms with Gasteiger partial charge in [0.15, 0.2) is 0 Å². The second-order valence-electron chi connectivity index (χ2n) is 7.84. The molecule has 31 heavy (non-hydrogen) atoms. The average molecular weight is 434 g/mol. The molecule has 2 heterocycles. The molecular weight excluding hydrogens is 406 g/mol. The van der Waals surface area contributed by atoms with E-state index in [1.165, 1.54) is 49.3 Å². The zero-order valence-electron chi connectivity index (χ0n) is 17.5. The minimum absolute atomic E-state index is 0.131. The fraction of sp³-hybridized carbons (Fsp3) is 0.280. The lowest BCUT2D eigenvalue weighted by atomic mass is 10.1. The van der Waals surface area contributed by atoms with Crippen LogP contribution in [0.5, 0.6) is 0 Å². The van der Waals surface area contributed by atoms with E-state index in [0.717, 1.165) is 12.1 Å². The first-order valence-electron chi connectivity index (χ1n) is 10.7. The van der Waals surface area contributed by atoms with Crippen molar-refractivity contribution in [2.24, 2.45) is 0 Å². The van der Waals surface area contributed by atoms with Gasteiger partial charge in [0.2, 0.25) is 0 Å². The van der Waals surface area contributed by atoms with Gasteiger partial charge in [-0.2, -0.15) is 0 Å². The smallest absolute Gasteiger partial charge is 0.265 e. The van der Waals surface area contributed by atoms with Gasteiger partial charge < -0.3 is 10.6 Å². The van der Waals surface area contributed by atoms with Gasteiger partial charge in [-0.05, 0) is 72.8 Å². The molecule has 1 aromatic heterocycles. The molecule has 2 aromatic carbocycles. The topological polar surface area (TPSA) is 61.4 Å². The van der Waals surface area contributed by atoms with Crippen LogP contribution in [-0.4, -0.2) is 29.8 Å². The average Bonchev–Trinajstić information content (AvgIpc) is 3.35. The van der Waals surface area contributed by atoms with E-state index in [-0.39, 0.29) is 11.8 Å². The van der Waals surface area contributed by atoms with Crippen LogP contribution in [0.15, 0.2) is 66.0 Å².